The first-order valence-corrected chi connectivity index (χ1v) is 6.70. The molecule has 90 valence electrons. The zero-order valence-corrected chi connectivity index (χ0v) is 11.3. The Hall–Kier alpha value is -1.19. The molecule has 1 N–H and O–H groups in total. The molecule has 1 heterocycles. The predicted molar refractivity (Wildman–Crippen MR) is 73.5 cm³/mol. The minimum atomic E-state index is 0.369. The number of aromatic nitrogens is 1. The first kappa shape index (κ1) is 12.3. The van der Waals surface area contributed by atoms with Gasteiger partial charge < -0.3 is 5.32 Å². The summed E-state index contributed by atoms with van der Waals surface area (Å²) in [5.41, 5.74) is 5.90. The largest absolute Gasteiger partial charge is 0.313 e. The molecule has 0 fully saturated rings. The van der Waals surface area contributed by atoms with Crippen LogP contribution in [0.3, 0.4) is 0 Å². The number of hydrogen-bond acceptors (Lipinski definition) is 3. The lowest BCUT2D eigenvalue weighted by Crippen LogP contribution is -2.18. The van der Waals surface area contributed by atoms with Crippen LogP contribution in [0.4, 0.5) is 0 Å². The number of nitrogens with one attached hydrogen (secondary N) is 1. The highest BCUT2D eigenvalue weighted by Crippen LogP contribution is 2.22. The molecule has 3 heteroatoms. The van der Waals surface area contributed by atoms with Gasteiger partial charge in [-0.15, -0.1) is 11.3 Å². The Balaban J connectivity index is 2.22. The van der Waals surface area contributed by atoms with Crippen LogP contribution in [0.2, 0.25) is 0 Å². The summed E-state index contributed by atoms with van der Waals surface area (Å²) in [5, 5.41) is 3.39. The second-order valence-electron chi connectivity index (χ2n) is 4.43. The number of likely N-dealkylation sites (N-methyl/N-ethyl adjacent to an activating group) is 1. The van der Waals surface area contributed by atoms with E-state index in [9.17, 15) is 0 Å². The van der Waals surface area contributed by atoms with E-state index in [1.165, 1.54) is 21.6 Å². The van der Waals surface area contributed by atoms with E-state index in [4.69, 9.17) is 0 Å². The highest BCUT2D eigenvalue weighted by Gasteiger charge is 2.11. The molecule has 1 unspecified atom stereocenters. The van der Waals surface area contributed by atoms with Crippen LogP contribution in [0.1, 0.15) is 27.6 Å². The molecule has 1 atom stereocenters. The molecular weight excluding hydrogens is 228 g/mol. The van der Waals surface area contributed by atoms with Crippen molar-refractivity contribution in [3.8, 4) is 0 Å². The van der Waals surface area contributed by atoms with E-state index in [1.807, 2.05) is 18.8 Å². The van der Waals surface area contributed by atoms with E-state index in [1.54, 1.807) is 11.3 Å². The summed E-state index contributed by atoms with van der Waals surface area (Å²) < 4.78 is 0. The fourth-order valence-electron chi connectivity index (χ4n) is 2.14. The van der Waals surface area contributed by atoms with Gasteiger partial charge in [-0.3, -0.25) is 4.98 Å². The van der Waals surface area contributed by atoms with Crippen molar-refractivity contribution >= 4 is 11.3 Å². The van der Waals surface area contributed by atoms with E-state index >= 15 is 0 Å². The second kappa shape index (κ2) is 5.43. The average molecular weight is 246 g/mol. The molecule has 0 spiro atoms. The summed E-state index contributed by atoms with van der Waals surface area (Å²) in [6, 6.07) is 7.10. The lowest BCUT2D eigenvalue weighted by Gasteiger charge is -2.17. The lowest BCUT2D eigenvalue weighted by molar-refractivity contribution is 0.595. The highest BCUT2D eigenvalue weighted by atomic mass is 32.1. The standard InChI is InChI=1S/C14H18N2S/c1-10-4-11(2)6-12(5-10)14(15-3)7-13-8-16-9-17-13/h4-6,8-9,14-15H,7H2,1-3H3. The molecule has 2 rings (SSSR count). The molecular formula is C14H18N2S. The van der Waals surface area contributed by atoms with Crippen molar-refractivity contribution in [1.82, 2.24) is 10.3 Å². The Bertz CT molecular complexity index is 457. The summed E-state index contributed by atoms with van der Waals surface area (Å²) in [5.74, 6) is 0. The molecule has 0 bridgehead atoms. The van der Waals surface area contributed by atoms with Gasteiger partial charge in [0.2, 0.25) is 0 Å². The zero-order valence-electron chi connectivity index (χ0n) is 10.5. The van der Waals surface area contributed by atoms with Crippen LogP contribution in [-0.4, -0.2) is 12.0 Å². The maximum atomic E-state index is 4.13. The molecule has 2 aromatic rings. The molecule has 2 nitrogen and oxygen atoms in total. The molecule has 17 heavy (non-hydrogen) atoms. The molecule has 1 aromatic heterocycles. The van der Waals surface area contributed by atoms with Gasteiger partial charge in [-0.1, -0.05) is 29.3 Å². The number of hydrogen-bond donors (Lipinski definition) is 1. The van der Waals surface area contributed by atoms with Gasteiger partial charge in [0.05, 0.1) is 5.51 Å². The Morgan fingerprint density at radius 1 is 1.24 bits per heavy atom. The Morgan fingerprint density at radius 3 is 2.47 bits per heavy atom. The predicted octanol–water partition coefficient (Wildman–Crippen LogP) is 3.26. The van der Waals surface area contributed by atoms with Gasteiger partial charge in [0.1, 0.15) is 0 Å². The highest BCUT2D eigenvalue weighted by molar-refractivity contribution is 7.09. The first-order chi connectivity index (χ1) is 8.19. The molecule has 0 aliphatic heterocycles. The van der Waals surface area contributed by atoms with Crippen molar-refractivity contribution < 1.29 is 0 Å². The Labute approximate surface area is 107 Å². The van der Waals surface area contributed by atoms with Gasteiger partial charge in [-0.25, -0.2) is 0 Å². The maximum absolute atomic E-state index is 4.13. The van der Waals surface area contributed by atoms with Crippen molar-refractivity contribution in [2.24, 2.45) is 0 Å². The molecule has 1 aromatic carbocycles. The molecule has 0 radical (unpaired) electrons. The van der Waals surface area contributed by atoms with Crippen LogP contribution in [0.5, 0.6) is 0 Å². The van der Waals surface area contributed by atoms with Crippen molar-refractivity contribution in [1.29, 1.82) is 0 Å². The third kappa shape index (κ3) is 3.14. The third-order valence-corrected chi connectivity index (χ3v) is 3.69. The monoisotopic (exact) mass is 246 g/mol. The lowest BCUT2D eigenvalue weighted by atomic mass is 9.99. The summed E-state index contributed by atoms with van der Waals surface area (Å²) in [4.78, 5) is 5.45. The van der Waals surface area contributed by atoms with E-state index in [0.717, 1.165) is 6.42 Å². The van der Waals surface area contributed by atoms with E-state index in [0.29, 0.717) is 6.04 Å². The van der Waals surface area contributed by atoms with Gasteiger partial charge in [0, 0.05) is 23.5 Å². The number of nitrogens with zero attached hydrogens (tertiary/aromatic N) is 1. The summed E-state index contributed by atoms with van der Waals surface area (Å²) >= 11 is 1.72. The maximum Gasteiger partial charge on any atom is 0.0794 e. The summed E-state index contributed by atoms with van der Waals surface area (Å²) in [6.45, 7) is 4.30. The second-order valence-corrected chi connectivity index (χ2v) is 5.41. The minimum absolute atomic E-state index is 0.369. The Morgan fingerprint density at radius 2 is 1.94 bits per heavy atom. The molecule has 0 aliphatic rings. The fraction of sp³-hybridized carbons (Fsp3) is 0.357. The third-order valence-electron chi connectivity index (χ3n) is 2.88. The van der Waals surface area contributed by atoms with Crippen LogP contribution in [-0.2, 0) is 6.42 Å². The van der Waals surface area contributed by atoms with E-state index in [2.05, 4.69) is 42.3 Å². The zero-order chi connectivity index (χ0) is 12.3. The minimum Gasteiger partial charge on any atom is -0.313 e. The van der Waals surface area contributed by atoms with Crippen LogP contribution < -0.4 is 5.32 Å². The van der Waals surface area contributed by atoms with Gasteiger partial charge in [0.25, 0.3) is 0 Å². The summed E-state index contributed by atoms with van der Waals surface area (Å²) in [6.07, 6.45) is 2.96. The molecule has 0 saturated carbocycles. The smallest absolute Gasteiger partial charge is 0.0794 e. The van der Waals surface area contributed by atoms with Crippen molar-refractivity contribution in [2.75, 3.05) is 7.05 Å². The van der Waals surface area contributed by atoms with Gasteiger partial charge in [-0.05, 0) is 26.5 Å². The fourth-order valence-corrected chi connectivity index (χ4v) is 2.78. The quantitative estimate of drug-likeness (QED) is 0.895. The topological polar surface area (TPSA) is 24.9 Å². The number of thiazole rings is 1. The van der Waals surface area contributed by atoms with Gasteiger partial charge >= 0.3 is 0 Å². The first-order valence-electron chi connectivity index (χ1n) is 5.82. The van der Waals surface area contributed by atoms with E-state index in [-0.39, 0.29) is 0 Å². The SMILES string of the molecule is CNC(Cc1cncs1)c1cc(C)cc(C)c1. The molecule has 0 aliphatic carbocycles. The van der Waals surface area contributed by atoms with Crippen molar-refractivity contribution in [2.45, 2.75) is 26.3 Å². The summed E-state index contributed by atoms with van der Waals surface area (Å²) in [7, 11) is 2.02. The normalized spacial score (nSPS) is 12.6. The van der Waals surface area contributed by atoms with Crippen LogP contribution in [0, 0.1) is 13.8 Å². The number of benzene rings is 1. The van der Waals surface area contributed by atoms with Crippen molar-refractivity contribution in [3.05, 3.63) is 51.5 Å². The number of aryl methyl sites for hydroxylation is 2. The van der Waals surface area contributed by atoms with Gasteiger partial charge in [0.15, 0.2) is 0 Å². The van der Waals surface area contributed by atoms with Crippen LogP contribution >= 0.6 is 11.3 Å². The average Bonchev–Trinajstić information content (AvgIpc) is 2.77. The molecule has 0 amide bonds. The number of rotatable bonds is 4. The van der Waals surface area contributed by atoms with Crippen LogP contribution in [0.25, 0.3) is 0 Å². The van der Waals surface area contributed by atoms with Crippen molar-refractivity contribution in [3.63, 3.8) is 0 Å². The van der Waals surface area contributed by atoms with Gasteiger partial charge in [-0.2, -0.15) is 0 Å². The molecule has 0 saturated heterocycles. The van der Waals surface area contributed by atoms with Crippen LogP contribution in [0.15, 0.2) is 29.9 Å². The Kier molecular flexibility index (Phi) is 3.92. The van der Waals surface area contributed by atoms with E-state index < -0.39 is 0 Å².